The summed E-state index contributed by atoms with van der Waals surface area (Å²) in [6.07, 6.45) is 2.09. The summed E-state index contributed by atoms with van der Waals surface area (Å²) in [5.41, 5.74) is 6.13. The Kier molecular flexibility index (Phi) is 4.46. The summed E-state index contributed by atoms with van der Waals surface area (Å²) >= 11 is 0. The van der Waals surface area contributed by atoms with E-state index in [2.05, 4.69) is 24.1 Å². The highest BCUT2D eigenvalue weighted by Gasteiger charge is 2.24. The second-order valence-electron chi connectivity index (χ2n) is 6.04. The molecule has 0 aliphatic heterocycles. The zero-order valence-electron chi connectivity index (χ0n) is 11.7. The minimum Gasteiger partial charge on any atom is -0.355 e. The van der Waals surface area contributed by atoms with Gasteiger partial charge in [0.05, 0.1) is 0 Å². The van der Waals surface area contributed by atoms with Crippen LogP contribution in [0.1, 0.15) is 39.8 Å². The van der Waals surface area contributed by atoms with Crippen LogP contribution in [-0.4, -0.2) is 23.0 Å². The van der Waals surface area contributed by atoms with Gasteiger partial charge in [-0.25, -0.2) is 0 Å². The van der Waals surface area contributed by atoms with E-state index in [1.807, 2.05) is 32.0 Å². The van der Waals surface area contributed by atoms with Gasteiger partial charge in [0.1, 0.15) is 0 Å². The predicted molar refractivity (Wildman–Crippen MR) is 73.2 cm³/mol. The summed E-state index contributed by atoms with van der Waals surface area (Å²) in [6, 6.07) is 5.81. The first kappa shape index (κ1) is 14.6. The Labute approximate surface area is 109 Å². The average Bonchev–Trinajstić information content (AvgIpc) is 2.26. The molecule has 0 aliphatic carbocycles. The summed E-state index contributed by atoms with van der Waals surface area (Å²) in [4.78, 5) is 16.1. The van der Waals surface area contributed by atoms with Crippen LogP contribution < -0.4 is 11.1 Å². The first-order chi connectivity index (χ1) is 8.21. The second kappa shape index (κ2) is 5.48. The van der Waals surface area contributed by atoms with Crippen LogP contribution in [0, 0.1) is 0 Å². The van der Waals surface area contributed by atoms with E-state index in [-0.39, 0.29) is 11.3 Å². The van der Waals surface area contributed by atoms with Gasteiger partial charge in [-0.2, -0.15) is 0 Å². The number of amides is 1. The fourth-order valence-corrected chi connectivity index (χ4v) is 1.65. The largest absolute Gasteiger partial charge is 0.355 e. The van der Waals surface area contributed by atoms with Crippen LogP contribution in [0.4, 0.5) is 0 Å². The van der Waals surface area contributed by atoms with Crippen LogP contribution in [0.5, 0.6) is 0 Å². The van der Waals surface area contributed by atoms with Gasteiger partial charge in [0.15, 0.2) is 0 Å². The van der Waals surface area contributed by atoms with Crippen molar-refractivity contribution in [3.63, 3.8) is 0 Å². The zero-order valence-corrected chi connectivity index (χ0v) is 11.7. The highest BCUT2D eigenvalue weighted by atomic mass is 16.1. The van der Waals surface area contributed by atoms with Crippen molar-refractivity contribution in [2.75, 3.05) is 6.54 Å². The Balaban J connectivity index is 2.55. The summed E-state index contributed by atoms with van der Waals surface area (Å²) < 4.78 is 0. The third-order valence-electron chi connectivity index (χ3n) is 2.70. The molecule has 3 N–H and O–H groups in total. The monoisotopic (exact) mass is 249 g/mol. The van der Waals surface area contributed by atoms with Crippen molar-refractivity contribution in [3.8, 4) is 0 Å². The lowest BCUT2D eigenvalue weighted by Gasteiger charge is -2.25. The van der Waals surface area contributed by atoms with E-state index >= 15 is 0 Å². The molecule has 0 spiro atoms. The Hall–Kier alpha value is -1.42. The van der Waals surface area contributed by atoms with E-state index in [4.69, 9.17) is 5.73 Å². The van der Waals surface area contributed by atoms with Crippen LogP contribution in [0.25, 0.3) is 0 Å². The topological polar surface area (TPSA) is 68.0 Å². The fraction of sp³-hybridized carbons (Fsp3) is 0.571. The number of carbonyl (C=O) groups is 1. The van der Waals surface area contributed by atoms with E-state index in [1.54, 1.807) is 6.20 Å². The van der Waals surface area contributed by atoms with Gasteiger partial charge in [0.2, 0.25) is 5.91 Å². The lowest BCUT2D eigenvalue weighted by atomic mass is 9.88. The minimum absolute atomic E-state index is 0.0218. The summed E-state index contributed by atoms with van der Waals surface area (Å²) in [5, 5.41) is 2.92. The Morgan fingerprint density at radius 3 is 2.50 bits per heavy atom. The van der Waals surface area contributed by atoms with Crippen LogP contribution in [0.3, 0.4) is 0 Å². The fourth-order valence-electron chi connectivity index (χ4n) is 1.65. The third kappa shape index (κ3) is 4.84. The molecule has 1 aromatic rings. The maximum atomic E-state index is 11.7. The molecule has 0 aliphatic rings. The molecule has 1 aromatic heterocycles. The van der Waals surface area contributed by atoms with Gasteiger partial charge in [-0.15, -0.1) is 0 Å². The molecule has 1 amide bonds. The van der Waals surface area contributed by atoms with Gasteiger partial charge < -0.3 is 11.1 Å². The van der Waals surface area contributed by atoms with Gasteiger partial charge in [-0.3, -0.25) is 9.78 Å². The lowest BCUT2D eigenvalue weighted by Crippen LogP contribution is -2.42. The Morgan fingerprint density at radius 1 is 1.33 bits per heavy atom. The lowest BCUT2D eigenvalue weighted by molar-refractivity contribution is -0.122. The molecule has 18 heavy (non-hydrogen) atoms. The molecule has 0 aromatic carbocycles. The van der Waals surface area contributed by atoms with Crippen LogP contribution in [0.15, 0.2) is 24.4 Å². The number of nitrogens with zero attached hydrogens (tertiary/aromatic N) is 1. The first-order valence-electron chi connectivity index (χ1n) is 6.18. The highest BCUT2D eigenvalue weighted by Crippen LogP contribution is 2.19. The summed E-state index contributed by atoms with van der Waals surface area (Å²) in [6.45, 7) is 8.36. The molecule has 4 heteroatoms. The molecule has 0 atom stereocenters. The zero-order chi connectivity index (χ0) is 13.8. The third-order valence-corrected chi connectivity index (χ3v) is 2.70. The molecule has 1 rings (SSSR count). The Bertz CT molecular complexity index is 393. The van der Waals surface area contributed by atoms with E-state index in [0.29, 0.717) is 13.0 Å². The number of carbonyl (C=O) groups excluding carboxylic acids is 1. The van der Waals surface area contributed by atoms with E-state index in [0.717, 1.165) is 5.69 Å². The molecule has 0 saturated carbocycles. The van der Waals surface area contributed by atoms with E-state index in [1.165, 1.54) is 0 Å². The maximum absolute atomic E-state index is 11.7. The van der Waals surface area contributed by atoms with Crippen LogP contribution in [0.2, 0.25) is 0 Å². The number of rotatable bonds is 5. The van der Waals surface area contributed by atoms with Crippen molar-refractivity contribution in [2.45, 2.75) is 45.1 Å². The molecular formula is C14H23N3O. The van der Waals surface area contributed by atoms with Gasteiger partial charge in [-0.1, -0.05) is 19.9 Å². The van der Waals surface area contributed by atoms with Gasteiger partial charge >= 0.3 is 0 Å². The van der Waals surface area contributed by atoms with Crippen molar-refractivity contribution in [1.29, 1.82) is 0 Å². The molecule has 0 unspecified atom stereocenters. The smallest absolute Gasteiger partial charge is 0.221 e. The number of hydrogen-bond acceptors (Lipinski definition) is 3. The normalized spacial score (nSPS) is 12.3. The number of pyridine rings is 1. The minimum atomic E-state index is -0.473. The van der Waals surface area contributed by atoms with Gasteiger partial charge in [0, 0.05) is 35.8 Å². The van der Waals surface area contributed by atoms with E-state index in [9.17, 15) is 4.79 Å². The predicted octanol–water partition coefficient (Wildman–Crippen LogP) is 1.60. The van der Waals surface area contributed by atoms with Crippen LogP contribution in [-0.2, 0) is 10.2 Å². The van der Waals surface area contributed by atoms with Crippen molar-refractivity contribution in [1.82, 2.24) is 10.3 Å². The molecule has 1 heterocycles. The number of aromatic nitrogens is 1. The highest BCUT2D eigenvalue weighted by molar-refractivity contribution is 5.77. The molecular weight excluding hydrogens is 226 g/mol. The van der Waals surface area contributed by atoms with Crippen molar-refractivity contribution < 1.29 is 4.79 Å². The maximum Gasteiger partial charge on any atom is 0.221 e. The van der Waals surface area contributed by atoms with Crippen molar-refractivity contribution in [2.24, 2.45) is 5.73 Å². The van der Waals surface area contributed by atoms with Gasteiger partial charge in [0.25, 0.3) is 0 Å². The molecule has 0 saturated heterocycles. The van der Waals surface area contributed by atoms with Crippen molar-refractivity contribution >= 4 is 5.91 Å². The number of nitrogens with two attached hydrogens (primary N) is 1. The molecule has 0 bridgehead atoms. The molecule has 0 fully saturated rings. The van der Waals surface area contributed by atoms with Crippen LogP contribution >= 0.6 is 0 Å². The first-order valence-corrected chi connectivity index (χ1v) is 6.18. The molecule has 100 valence electrons. The Morgan fingerprint density at radius 2 is 2.00 bits per heavy atom. The standard InChI is InChI=1S/C14H23N3O/c1-13(2,11-7-5-6-8-16-11)10-17-12(18)9-14(3,4)15/h5-8H,9-10,15H2,1-4H3,(H,17,18). The van der Waals surface area contributed by atoms with Gasteiger partial charge in [-0.05, 0) is 26.0 Å². The summed E-state index contributed by atoms with van der Waals surface area (Å²) in [5.74, 6) is -0.0218. The average molecular weight is 249 g/mol. The number of hydrogen-bond donors (Lipinski definition) is 2. The quantitative estimate of drug-likeness (QED) is 0.833. The van der Waals surface area contributed by atoms with E-state index < -0.39 is 5.54 Å². The summed E-state index contributed by atoms with van der Waals surface area (Å²) in [7, 11) is 0. The SMILES string of the molecule is CC(C)(N)CC(=O)NCC(C)(C)c1ccccn1. The number of nitrogens with one attached hydrogen (secondary N) is 1. The second-order valence-corrected chi connectivity index (χ2v) is 6.04. The van der Waals surface area contributed by atoms with Crippen molar-refractivity contribution in [3.05, 3.63) is 30.1 Å². The molecule has 0 radical (unpaired) electrons. The molecule has 4 nitrogen and oxygen atoms in total.